The van der Waals surface area contributed by atoms with E-state index < -0.39 is 34.2 Å². The van der Waals surface area contributed by atoms with Gasteiger partial charge >= 0.3 is 0 Å². The van der Waals surface area contributed by atoms with E-state index in [4.69, 9.17) is 5.11 Å². The Hall–Kier alpha value is -2.99. The number of halogens is 2. The van der Waals surface area contributed by atoms with E-state index >= 15 is 0 Å². The van der Waals surface area contributed by atoms with Crippen molar-refractivity contribution in [1.29, 1.82) is 0 Å². The number of carbonyl (C=O) groups is 1. The average Bonchev–Trinajstić information content (AvgIpc) is 3.64. The van der Waals surface area contributed by atoms with E-state index in [1.54, 1.807) is 12.1 Å². The third-order valence-electron chi connectivity index (χ3n) is 8.27. The first-order chi connectivity index (χ1) is 18.5. The molecular formula is C27H34F2N4O5S. The number of aliphatic hydroxyl groups is 1. The number of nitrogens with zero attached hydrogens (tertiary/aromatic N) is 2. The molecule has 212 valence electrons. The predicted octanol–water partition coefficient (Wildman–Crippen LogP) is 3.97. The lowest BCUT2D eigenvalue weighted by atomic mass is 9.92. The van der Waals surface area contributed by atoms with Gasteiger partial charge in [-0.05, 0) is 68.2 Å². The maximum absolute atomic E-state index is 13.6. The van der Waals surface area contributed by atoms with Crippen LogP contribution in [-0.4, -0.2) is 55.4 Å². The van der Waals surface area contributed by atoms with Crippen LogP contribution in [0.5, 0.6) is 0 Å². The van der Waals surface area contributed by atoms with E-state index in [2.05, 4.69) is 14.9 Å². The first-order valence-electron chi connectivity index (χ1n) is 13.4. The molecule has 5 rings (SSSR count). The average molecular weight is 565 g/mol. The van der Waals surface area contributed by atoms with E-state index in [-0.39, 0.29) is 37.3 Å². The second-order valence-electron chi connectivity index (χ2n) is 11.1. The van der Waals surface area contributed by atoms with Crippen molar-refractivity contribution in [2.24, 2.45) is 5.41 Å². The molecule has 0 radical (unpaired) electrons. The summed E-state index contributed by atoms with van der Waals surface area (Å²) in [5.74, 6) is -3.58. The number of aromatic nitrogens is 1. The molecule has 1 aliphatic heterocycles. The molecule has 12 heteroatoms. The fraction of sp³-hybridized carbons (Fsp3) is 0.556. The van der Waals surface area contributed by atoms with Crippen molar-refractivity contribution in [1.82, 2.24) is 4.57 Å². The van der Waals surface area contributed by atoms with Gasteiger partial charge in [0.05, 0.1) is 35.0 Å². The molecular weight excluding hydrogens is 530 g/mol. The predicted molar refractivity (Wildman–Crippen MR) is 145 cm³/mol. The van der Waals surface area contributed by atoms with Gasteiger partial charge in [0.15, 0.2) is 0 Å². The third-order valence-corrected chi connectivity index (χ3v) is 9.54. The zero-order chi connectivity index (χ0) is 27.8. The number of benzene rings is 1. The Balaban J connectivity index is 1.39. The Labute approximate surface area is 226 Å². The van der Waals surface area contributed by atoms with E-state index in [0.29, 0.717) is 28.0 Å². The maximum atomic E-state index is 13.6. The third kappa shape index (κ3) is 6.43. The minimum absolute atomic E-state index is 0.179. The Morgan fingerprint density at radius 1 is 1.00 bits per heavy atom. The van der Waals surface area contributed by atoms with Gasteiger partial charge in [-0.25, -0.2) is 17.2 Å². The first-order valence-corrected chi connectivity index (χ1v) is 15.1. The summed E-state index contributed by atoms with van der Waals surface area (Å²) in [6.45, 7) is 0.969. The molecule has 1 saturated heterocycles. The lowest BCUT2D eigenvalue weighted by molar-refractivity contribution is -0.0442. The van der Waals surface area contributed by atoms with Crippen LogP contribution in [-0.2, 0) is 10.0 Å². The Morgan fingerprint density at radius 2 is 1.67 bits per heavy atom. The van der Waals surface area contributed by atoms with Gasteiger partial charge in [-0.3, -0.25) is 14.3 Å². The highest BCUT2D eigenvalue weighted by Crippen LogP contribution is 2.54. The standard InChI is InChI=1S/C27H34F2N4O5S/c28-27(29)7-5-21(6-8-27)33-18-20(2-4-24(33)35)30-25(36)22-3-1-19(31-39(37,38)16-15-34)17-23(22)32-13-11-26(9-10-26)12-14-32/h1-4,17-18,21,31,34H,5-16H2,(H,30,36). The number of nitrogens with one attached hydrogen (secondary N) is 2. The minimum Gasteiger partial charge on any atom is -0.395 e. The van der Waals surface area contributed by atoms with Crippen LogP contribution in [0.1, 0.15) is 67.8 Å². The number of sulfonamides is 1. The fourth-order valence-electron chi connectivity index (χ4n) is 5.66. The van der Waals surface area contributed by atoms with Gasteiger partial charge in [-0.1, -0.05) is 0 Å². The number of pyridine rings is 1. The molecule has 0 bridgehead atoms. The smallest absolute Gasteiger partial charge is 0.257 e. The SMILES string of the molecule is O=C(Nc1ccc(=O)n(C2CCC(F)(F)CC2)c1)c1ccc(NS(=O)(=O)CCO)cc1N1CCC2(CC1)CC2. The number of alkyl halides is 2. The summed E-state index contributed by atoms with van der Waals surface area (Å²) in [6, 6.07) is 7.15. The molecule has 1 aromatic carbocycles. The first kappa shape index (κ1) is 27.6. The van der Waals surface area contributed by atoms with Crippen LogP contribution in [0.2, 0.25) is 0 Å². The van der Waals surface area contributed by atoms with E-state index in [0.717, 1.165) is 25.9 Å². The minimum atomic E-state index is -3.75. The molecule has 9 nitrogen and oxygen atoms in total. The molecule has 1 aromatic heterocycles. The highest BCUT2D eigenvalue weighted by atomic mass is 32.2. The summed E-state index contributed by atoms with van der Waals surface area (Å²) in [5.41, 5.74) is 1.69. The van der Waals surface area contributed by atoms with E-state index in [9.17, 15) is 26.8 Å². The van der Waals surface area contributed by atoms with Crippen molar-refractivity contribution in [3.63, 3.8) is 0 Å². The van der Waals surface area contributed by atoms with E-state index in [1.165, 1.54) is 41.8 Å². The fourth-order valence-corrected chi connectivity index (χ4v) is 6.49. The second-order valence-corrected chi connectivity index (χ2v) is 12.9. The van der Waals surface area contributed by atoms with Crippen molar-refractivity contribution in [2.75, 3.05) is 40.4 Å². The summed E-state index contributed by atoms with van der Waals surface area (Å²) in [5, 5.41) is 11.9. The molecule has 1 amide bonds. The molecule has 1 spiro atoms. The lowest BCUT2D eigenvalue weighted by Crippen LogP contribution is -2.36. The number of amides is 1. The Bertz CT molecular complexity index is 1390. The van der Waals surface area contributed by atoms with Gasteiger partial charge in [0.25, 0.3) is 11.5 Å². The highest BCUT2D eigenvalue weighted by molar-refractivity contribution is 7.92. The zero-order valence-corrected chi connectivity index (χ0v) is 22.5. The summed E-state index contributed by atoms with van der Waals surface area (Å²) in [4.78, 5) is 28.1. The molecule has 3 aliphatic rings. The second kappa shape index (κ2) is 10.5. The molecule has 2 heterocycles. The molecule has 39 heavy (non-hydrogen) atoms. The van der Waals surface area contributed by atoms with Gasteiger partial charge in [0.2, 0.25) is 15.9 Å². The van der Waals surface area contributed by atoms with Crippen molar-refractivity contribution in [3.05, 3.63) is 52.4 Å². The van der Waals surface area contributed by atoms with Gasteiger partial charge in [-0.2, -0.15) is 0 Å². The molecule has 2 aromatic rings. The van der Waals surface area contributed by atoms with Gasteiger partial charge < -0.3 is 19.9 Å². The van der Waals surface area contributed by atoms with Crippen LogP contribution in [0, 0.1) is 5.41 Å². The van der Waals surface area contributed by atoms with Crippen molar-refractivity contribution in [2.45, 2.75) is 63.3 Å². The van der Waals surface area contributed by atoms with Crippen LogP contribution in [0.3, 0.4) is 0 Å². The summed E-state index contributed by atoms with van der Waals surface area (Å²) < 4.78 is 55.6. The van der Waals surface area contributed by atoms with Crippen molar-refractivity contribution >= 4 is 33.0 Å². The molecule has 3 N–H and O–H groups in total. The Kier molecular flexibility index (Phi) is 7.45. The lowest BCUT2D eigenvalue weighted by Gasteiger charge is -2.35. The normalized spacial score (nSPS) is 20.5. The van der Waals surface area contributed by atoms with Gasteiger partial charge in [0.1, 0.15) is 0 Å². The number of anilines is 3. The number of piperidine rings is 1. The molecule has 2 aliphatic carbocycles. The number of carbonyl (C=O) groups excluding carboxylic acids is 1. The van der Waals surface area contributed by atoms with Crippen LogP contribution in [0.15, 0.2) is 41.3 Å². The molecule has 0 unspecified atom stereocenters. The van der Waals surface area contributed by atoms with Crippen molar-refractivity contribution in [3.8, 4) is 0 Å². The Morgan fingerprint density at radius 3 is 2.31 bits per heavy atom. The van der Waals surface area contributed by atoms with Crippen LogP contribution < -0.4 is 20.5 Å². The monoisotopic (exact) mass is 564 g/mol. The zero-order valence-electron chi connectivity index (χ0n) is 21.7. The van der Waals surface area contributed by atoms with Crippen LogP contribution in [0.4, 0.5) is 25.8 Å². The summed E-state index contributed by atoms with van der Waals surface area (Å²) >= 11 is 0. The number of rotatable bonds is 8. The van der Waals surface area contributed by atoms with Crippen LogP contribution in [0.25, 0.3) is 0 Å². The molecule has 3 fully saturated rings. The topological polar surface area (TPSA) is 121 Å². The van der Waals surface area contributed by atoms with Gasteiger partial charge in [0, 0.05) is 44.2 Å². The highest BCUT2D eigenvalue weighted by Gasteiger charge is 2.44. The van der Waals surface area contributed by atoms with Crippen LogP contribution >= 0.6 is 0 Å². The summed E-state index contributed by atoms with van der Waals surface area (Å²) in [7, 11) is -3.75. The summed E-state index contributed by atoms with van der Waals surface area (Å²) in [6.07, 6.45) is 5.72. The quantitative estimate of drug-likeness (QED) is 0.446. The number of aliphatic hydroxyl groups excluding tert-OH is 1. The molecule has 2 saturated carbocycles. The molecule has 0 atom stereocenters. The van der Waals surface area contributed by atoms with E-state index in [1.807, 2.05) is 0 Å². The number of hydrogen-bond acceptors (Lipinski definition) is 6. The van der Waals surface area contributed by atoms with Gasteiger partial charge in [-0.15, -0.1) is 0 Å². The maximum Gasteiger partial charge on any atom is 0.257 e. The van der Waals surface area contributed by atoms with Crippen molar-refractivity contribution < 1.29 is 27.1 Å². The number of hydrogen-bond donors (Lipinski definition) is 3. The largest absolute Gasteiger partial charge is 0.395 e.